The lowest BCUT2D eigenvalue weighted by atomic mass is 9.96. The third-order valence-electron chi connectivity index (χ3n) is 2.94. The van der Waals surface area contributed by atoms with E-state index in [0.29, 0.717) is 0 Å². The quantitative estimate of drug-likeness (QED) is 0.846. The summed E-state index contributed by atoms with van der Waals surface area (Å²) in [6.07, 6.45) is 6.67. The van der Waals surface area contributed by atoms with E-state index in [1.165, 1.54) is 12.5 Å². The van der Waals surface area contributed by atoms with Crippen molar-refractivity contribution < 1.29 is 8.42 Å². The van der Waals surface area contributed by atoms with E-state index >= 15 is 0 Å². The van der Waals surface area contributed by atoms with Gasteiger partial charge < -0.3 is 4.57 Å². The van der Waals surface area contributed by atoms with Crippen molar-refractivity contribution in [3.05, 3.63) is 12.5 Å². The van der Waals surface area contributed by atoms with E-state index < -0.39 is 10.0 Å². The van der Waals surface area contributed by atoms with Gasteiger partial charge in [0.15, 0.2) is 5.03 Å². The van der Waals surface area contributed by atoms with Gasteiger partial charge in [-0.2, -0.15) is 0 Å². The number of sulfonamides is 1. The van der Waals surface area contributed by atoms with E-state index in [2.05, 4.69) is 9.71 Å². The highest BCUT2D eigenvalue weighted by Gasteiger charge is 2.29. The first-order chi connectivity index (χ1) is 7.99. The number of nitrogens with one attached hydrogen (secondary N) is 1. The van der Waals surface area contributed by atoms with Gasteiger partial charge in [-0.1, -0.05) is 12.8 Å². The summed E-state index contributed by atoms with van der Waals surface area (Å²) in [6.45, 7) is 0. The number of halogens is 1. The number of alkyl halides is 1. The zero-order valence-electron chi connectivity index (χ0n) is 9.63. The second-order valence-corrected chi connectivity index (χ2v) is 6.63. The van der Waals surface area contributed by atoms with Crippen LogP contribution < -0.4 is 4.72 Å². The number of hydrogen-bond acceptors (Lipinski definition) is 3. The summed E-state index contributed by atoms with van der Waals surface area (Å²) in [4.78, 5) is 3.85. The summed E-state index contributed by atoms with van der Waals surface area (Å²) in [7, 11) is -1.81. The Labute approximate surface area is 106 Å². The fourth-order valence-corrected chi connectivity index (χ4v) is 3.72. The van der Waals surface area contributed by atoms with Gasteiger partial charge in [0.05, 0.1) is 6.33 Å². The van der Waals surface area contributed by atoms with Crippen molar-refractivity contribution in [2.75, 3.05) is 0 Å². The molecule has 0 aromatic carbocycles. The first kappa shape index (κ1) is 12.9. The van der Waals surface area contributed by atoms with Crippen LogP contribution in [0.5, 0.6) is 0 Å². The maximum atomic E-state index is 12.0. The molecule has 0 aliphatic heterocycles. The number of hydrogen-bond donors (Lipinski definition) is 1. The molecule has 1 fully saturated rings. The zero-order valence-corrected chi connectivity index (χ0v) is 11.2. The second kappa shape index (κ2) is 4.96. The Kier molecular flexibility index (Phi) is 3.75. The first-order valence-corrected chi connectivity index (χ1v) is 7.55. The predicted molar refractivity (Wildman–Crippen MR) is 65.4 cm³/mol. The van der Waals surface area contributed by atoms with E-state index in [1.807, 2.05) is 0 Å². The molecule has 0 amide bonds. The minimum Gasteiger partial charge on any atom is -0.339 e. The number of aryl methyl sites for hydroxylation is 1. The Morgan fingerprint density at radius 3 is 2.76 bits per heavy atom. The van der Waals surface area contributed by atoms with Gasteiger partial charge in [-0.05, 0) is 12.8 Å². The van der Waals surface area contributed by atoms with E-state index in [0.717, 1.165) is 25.7 Å². The van der Waals surface area contributed by atoms with Crippen LogP contribution in [-0.4, -0.2) is 29.4 Å². The summed E-state index contributed by atoms with van der Waals surface area (Å²) < 4.78 is 28.3. The summed E-state index contributed by atoms with van der Waals surface area (Å²) in [6, 6.07) is -0.183. The van der Waals surface area contributed by atoms with Crippen LogP contribution >= 0.6 is 11.6 Å². The molecule has 17 heavy (non-hydrogen) atoms. The number of aromatic nitrogens is 2. The van der Waals surface area contributed by atoms with Crippen LogP contribution in [0.1, 0.15) is 25.7 Å². The molecule has 0 radical (unpaired) electrons. The average Bonchev–Trinajstić information content (AvgIpc) is 2.69. The molecule has 5 nitrogen and oxygen atoms in total. The Hall–Kier alpha value is -0.590. The highest BCUT2D eigenvalue weighted by Crippen LogP contribution is 2.24. The van der Waals surface area contributed by atoms with Gasteiger partial charge in [0.2, 0.25) is 0 Å². The van der Waals surface area contributed by atoms with Crippen molar-refractivity contribution in [1.82, 2.24) is 14.3 Å². The molecule has 1 heterocycles. The second-order valence-electron chi connectivity index (χ2n) is 4.41. The van der Waals surface area contributed by atoms with Gasteiger partial charge in [-0.15, -0.1) is 11.6 Å². The van der Waals surface area contributed by atoms with Gasteiger partial charge in [0.25, 0.3) is 10.0 Å². The highest BCUT2D eigenvalue weighted by atomic mass is 35.5. The van der Waals surface area contributed by atoms with Crippen LogP contribution in [0.25, 0.3) is 0 Å². The van der Waals surface area contributed by atoms with Crippen molar-refractivity contribution in [2.24, 2.45) is 7.05 Å². The van der Waals surface area contributed by atoms with Gasteiger partial charge >= 0.3 is 0 Å². The monoisotopic (exact) mass is 277 g/mol. The molecule has 1 aliphatic rings. The third kappa shape index (κ3) is 3.00. The van der Waals surface area contributed by atoms with Crippen molar-refractivity contribution in [2.45, 2.75) is 42.1 Å². The Bertz CT molecular complexity index is 485. The first-order valence-electron chi connectivity index (χ1n) is 5.63. The maximum absolute atomic E-state index is 12.0. The number of imidazole rings is 1. The van der Waals surface area contributed by atoms with Gasteiger partial charge in [-0.3, -0.25) is 0 Å². The van der Waals surface area contributed by atoms with Crippen molar-refractivity contribution >= 4 is 21.6 Å². The van der Waals surface area contributed by atoms with E-state index in [-0.39, 0.29) is 16.4 Å². The molecule has 0 spiro atoms. The van der Waals surface area contributed by atoms with Crippen LogP contribution in [0, 0.1) is 0 Å². The third-order valence-corrected chi connectivity index (χ3v) is 4.84. The van der Waals surface area contributed by atoms with Crippen LogP contribution in [0.15, 0.2) is 17.6 Å². The lowest BCUT2D eigenvalue weighted by molar-refractivity contribution is 0.418. The Balaban J connectivity index is 2.11. The van der Waals surface area contributed by atoms with Crippen LogP contribution in [0.3, 0.4) is 0 Å². The minimum atomic E-state index is -3.54. The van der Waals surface area contributed by atoms with Crippen molar-refractivity contribution in [3.63, 3.8) is 0 Å². The van der Waals surface area contributed by atoms with E-state index in [1.54, 1.807) is 11.6 Å². The van der Waals surface area contributed by atoms with E-state index in [9.17, 15) is 8.42 Å². The summed E-state index contributed by atoms with van der Waals surface area (Å²) in [5, 5.41) is -0.0725. The Morgan fingerprint density at radius 2 is 2.18 bits per heavy atom. The fraction of sp³-hybridized carbons (Fsp3) is 0.700. The molecule has 2 atom stereocenters. The molecule has 1 aromatic rings. The lowest BCUT2D eigenvalue weighted by Crippen LogP contribution is -2.42. The molecule has 2 unspecified atom stereocenters. The molecule has 0 saturated heterocycles. The highest BCUT2D eigenvalue weighted by molar-refractivity contribution is 7.89. The smallest absolute Gasteiger partial charge is 0.259 e. The van der Waals surface area contributed by atoms with E-state index in [4.69, 9.17) is 11.6 Å². The molecule has 0 bridgehead atoms. The van der Waals surface area contributed by atoms with Gasteiger partial charge in [0.1, 0.15) is 0 Å². The van der Waals surface area contributed by atoms with Crippen molar-refractivity contribution in [1.29, 1.82) is 0 Å². The van der Waals surface area contributed by atoms with Crippen molar-refractivity contribution in [3.8, 4) is 0 Å². The molecular weight excluding hydrogens is 262 g/mol. The standard InChI is InChI=1S/C10H16ClN3O2S/c1-14-6-10(12-7-14)17(15,16)13-9-5-3-2-4-8(9)11/h6-9,13H,2-5H2,1H3. The summed E-state index contributed by atoms with van der Waals surface area (Å²) >= 11 is 6.13. The predicted octanol–water partition coefficient (Wildman–Crippen LogP) is 1.25. The summed E-state index contributed by atoms with van der Waals surface area (Å²) in [5.41, 5.74) is 0. The fourth-order valence-electron chi connectivity index (χ4n) is 2.01. The zero-order chi connectivity index (χ0) is 12.5. The molecule has 1 aliphatic carbocycles. The maximum Gasteiger partial charge on any atom is 0.259 e. The molecule has 1 aromatic heterocycles. The Morgan fingerprint density at radius 1 is 1.47 bits per heavy atom. The van der Waals surface area contributed by atoms with Crippen LogP contribution in [-0.2, 0) is 17.1 Å². The topological polar surface area (TPSA) is 64.0 Å². The van der Waals surface area contributed by atoms with Crippen LogP contribution in [0.2, 0.25) is 0 Å². The number of rotatable bonds is 3. The molecule has 96 valence electrons. The molecule has 1 saturated carbocycles. The normalized spacial score (nSPS) is 26.0. The van der Waals surface area contributed by atoms with Gasteiger partial charge in [0, 0.05) is 24.7 Å². The largest absolute Gasteiger partial charge is 0.339 e. The molecule has 7 heteroatoms. The van der Waals surface area contributed by atoms with Gasteiger partial charge in [-0.25, -0.2) is 18.1 Å². The minimum absolute atomic E-state index is 0.0504. The SMILES string of the molecule is Cn1cnc(S(=O)(=O)NC2CCCCC2Cl)c1. The number of nitrogens with zero attached hydrogens (tertiary/aromatic N) is 2. The molecule has 2 rings (SSSR count). The molecule has 1 N–H and O–H groups in total. The summed E-state index contributed by atoms with van der Waals surface area (Å²) in [5.74, 6) is 0. The lowest BCUT2D eigenvalue weighted by Gasteiger charge is -2.27. The van der Waals surface area contributed by atoms with Crippen LogP contribution in [0.4, 0.5) is 0 Å². The average molecular weight is 278 g/mol. The molecular formula is C10H16ClN3O2S.